The van der Waals surface area contributed by atoms with Crippen LogP contribution in [0.15, 0.2) is 0 Å². The van der Waals surface area contributed by atoms with E-state index in [1.54, 1.807) is 0 Å². The zero-order valence-corrected chi connectivity index (χ0v) is 12.9. The molecule has 0 fully saturated rings. The zero-order chi connectivity index (χ0) is 13.1. The molecule has 0 aliphatic heterocycles. The molecule has 0 aliphatic rings. The third-order valence-electron chi connectivity index (χ3n) is 3.96. The molecule has 0 amide bonds. The summed E-state index contributed by atoms with van der Waals surface area (Å²) < 4.78 is 0. The van der Waals surface area contributed by atoms with Gasteiger partial charge in [0.25, 0.3) is 0 Å². The van der Waals surface area contributed by atoms with Crippen LogP contribution < -0.4 is 5.32 Å². The quantitative estimate of drug-likeness (QED) is 0.502. The molecular weight excluding hydrogens is 206 g/mol. The van der Waals surface area contributed by atoms with Gasteiger partial charge in [0.2, 0.25) is 0 Å². The molecule has 104 valence electrons. The van der Waals surface area contributed by atoms with Crippen molar-refractivity contribution in [2.75, 3.05) is 6.54 Å². The lowest BCUT2D eigenvalue weighted by atomic mass is 9.87. The Kier molecular flexibility index (Phi) is 11.0. The van der Waals surface area contributed by atoms with Crippen LogP contribution in [0.5, 0.6) is 0 Å². The Bertz CT molecular complexity index is 154. The van der Waals surface area contributed by atoms with Gasteiger partial charge in [0.15, 0.2) is 0 Å². The first kappa shape index (κ1) is 17.0. The van der Waals surface area contributed by atoms with Crippen LogP contribution in [-0.2, 0) is 0 Å². The largest absolute Gasteiger partial charge is 0.314 e. The monoisotopic (exact) mass is 241 g/mol. The van der Waals surface area contributed by atoms with Gasteiger partial charge >= 0.3 is 0 Å². The van der Waals surface area contributed by atoms with E-state index in [0.717, 1.165) is 17.9 Å². The maximum Gasteiger partial charge on any atom is 0.00951 e. The molecule has 0 rings (SSSR count). The van der Waals surface area contributed by atoms with Crippen molar-refractivity contribution in [2.24, 2.45) is 11.8 Å². The van der Waals surface area contributed by atoms with Crippen molar-refractivity contribution in [1.29, 1.82) is 0 Å². The molecule has 1 N–H and O–H groups in total. The van der Waals surface area contributed by atoms with Crippen LogP contribution in [0.4, 0.5) is 0 Å². The van der Waals surface area contributed by atoms with Crippen molar-refractivity contribution < 1.29 is 0 Å². The smallest absolute Gasteiger partial charge is 0.00951 e. The molecule has 0 aliphatic carbocycles. The van der Waals surface area contributed by atoms with Crippen LogP contribution in [-0.4, -0.2) is 12.6 Å². The van der Waals surface area contributed by atoms with Gasteiger partial charge in [-0.15, -0.1) is 0 Å². The van der Waals surface area contributed by atoms with E-state index in [9.17, 15) is 0 Å². The minimum Gasteiger partial charge on any atom is -0.314 e. The van der Waals surface area contributed by atoms with Crippen molar-refractivity contribution in [2.45, 2.75) is 85.6 Å². The van der Waals surface area contributed by atoms with Crippen LogP contribution in [0, 0.1) is 11.8 Å². The van der Waals surface area contributed by atoms with Gasteiger partial charge in [0.1, 0.15) is 0 Å². The molecule has 1 heteroatoms. The first-order chi connectivity index (χ1) is 8.13. The summed E-state index contributed by atoms with van der Waals surface area (Å²) in [6.07, 6.45) is 9.61. The fourth-order valence-corrected chi connectivity index (χ4v) is 2.31. The van der Waals surface area contributed by atoms with E-state index >= 15 is 0 Å². The Morgan fingerprint density at radius 2 is 1.47 bits per heavy atom. The topological polar surface area (TPSA) is 12.0 Å². The maximum absolute atomic E-state index is 3.74. The molecule has 0 saturated carbocycles. The highest BCUT2D eigenvalue weighted by atomic mass is 14.9. The van der Waals surface area contributed by atoms with Gasteiger partial charge in [0.05, 0.1) is 0 Å². The number of hydrogen-bond acceptors (Lipinski definition) is 1. The molecule has 0 aromatic heterocycles. The van der Waals surface area contributed by atoms with E-state index in [4.69, 9.17) is 0 Å². The Hall–Kier alpha value is -0.0400. The molecule has 0 saturated heterocycles. The van der Waals surface area contributed by atoms with Gasteiger partial charge in [-0.2, -0.15) is 0 Å². The lowest BCUT2D eigenvalue weighted by Gasteiger charge is -2.28. The second-order valence-electron chi connectivity index (χ2n) is 5.87. The molecule has 0 aromatic carbocycles. The van der Waals surface area contributed by atoms with Gasteiger partial charge in [-0.3, -0.25) is 0 Å². The summed E-state index contributed by atoms with van der Waals surface area (Å²) >= 11 is 0. The Morgan fingerprint density at radius 1 is 0.824 bits per heavy atom. The fraction of sp³-hybridized carbons (Fsp3) is 1.00. The number of hydrogen-bond donors (Lipinski definition) is 1. The average molecular weight is 241 g/mol. The minimum atomic E-state index is 0.733. The van der Waals surface area contributed by atoms with Crippen molar-refractivity contribution >= 4 is 0 Å². The molecule has 1 nitrogen and oxygen atoms in total. The van der Waals surface area contributed by atoms with E-state index < -0.39 is 0 Å². The average Bonchev–Trinajstić information content (AvgIpc) is 2.31. The fourth-order valence-electron chi connectivity index (χ4n) is 2.31. The molecule has 0 aromatic rings. The highest BCUT2D eigenvalue weighted by Crippen LogP contribution is 2.19. The van der Waals surface area contributed by atoms with Crippen molar-refractivity contribution in [1.82, 2.24) is 5.32 Å². The maximum atomic E-state index is 3.74. The highest BCUT2D eigenvalue weighted by Gasteiger charge is 2.18. The Balaban J connectivity index is 3.84. The Labute approximate surface area is 110 Å². The van der Waals surface area contributed by atoms with Crippen LogP contribution >= 0.6 is 0 Å². The lowest BCUT2D eigenvalue weighted by molar-refractivity contribution is 0.279. The molecule has 2 unspecified atom stereocenters. The highest BCUT2D eigenvalue weighted by molar-refractivity contribution is 4.75. The second-order valence-corrected chi connectivity index (χ2v) is 5.87. The van der Waals surface area contributed by atoms with Crippen LogP contribution in [0.25, 0.3) is 0 Å². The third kappa shape index (κ3) is 8.65. The van der Waals surface area contributed by atoms with Crippen molar-refractivity contribution in [3.05, 3.63) is 0 Å². The molecule has 17 heavy (non-hydrogen) atoms. The Morgan fingerprint density at radius 3 is 2.00 bits per heavy atom. The predicted molar refractivity (Wildman–Crippen MR) is 79.5 cm³/mol. The summed E-state index contributed by atoms with van der Waals surface area (Å²) in [6, 6.07) is 0.733. The molecule has 0 radical (unpaired) electrons. The van der Waals surface area contributed by atoms with E-state index in [2.05, 4.69) is 39.9 Å². The number of unbranched alkanes of at least 4 members (excludes halogenated alkanes) is 4. The first-order valence-corrected chi connectivity index (χ1v) is 7.86. The SMILES string of the molecule is CCCCCCCC(NCCC)C(C)C(C)C. The van der Waals surface area contributed by atoms with Gasteiger partial charge in [-0.25, -0.2) is 0 Å². The van der Waals surface area contributed by atoms with Crippen LogP contribution in [0.1, 0.15) is 79.6 Å². The minimum absolute atomic E-state index is 0.733. The van der Waals surface area contributed by atoms with E-state index in [-0.39, 0.29) is 0 Å². The van der Waals surface area contributed by atoms with Crippen LogP contribution in [0.3, 0.4) is 0 Å². The molecule has 2 atom stereocenters. The van der Waals surface area contributed by atoms with Crippen molar-refractivity contribution in [3.63, 3.8) is 0 Å². The van der Waals surface area contributed by atoms with E-state index in [1.165, 1.54) is 51.5 Å². The van der Waals surface area contributed by atoms with Gasteiger partial charge in [-0.1, -0.05) is 66.7 Å². The standard InChI is InChI=1S/C16H35N/c1-6-8-9-10-11-12-16(17-13-7-2)15(5)14(3)4/h14-17H,6-13H2,1-5H3. The second kappa shape index (κ2) is 11.1. The summed E-state index contributed by atoms with van der Waals surface area (Å²) in [4.78, 5) is 0. The summed E-state index contributed by atoms with van der Waals surface area (Å²) in [5.74, 6) is 1.59. The van der Waals surface area contributed by atoms with E-state index in [0.29, 0.717) is 0 Å². The number of nitrogens with one attached hydrogen (secondary N) is 1. The molecular formula is C16H35N. The normalized spacial score (nSPS) is 15.2. The molecule has 0 spiro atoms. The van der Waals surface area contributed by atoms with E-state index in [1.807, 2.05) is 0 Å². The van der Waals surface area contributed by atoms with Gasteiger partial charge in [-0.05, 0) is 31.2 Å². The summed E-state index contributed by atoms with van der Waals surface area (Å²) in [7, 11) is 0. The zero-order valence-electron chi connectivity index (χ0n) is 12.9. The van der Waals surface area contributed by atoms with Crippen molar-refractivity contribution in [3.8, 4) is 0 Å². The number of rotatable bonds is 11. The summed E-state index contributed by atoms with van der Waals surface area (Å²) in [5, 5.41) is 3.74. The van der Waals surface area contributed by atoms with Gasteiger partial charge in [0, 0.05) is 6.04 Å². The predicted octanol–water partition coefficient (Wildman–Crippen LogP) is 5.01. The van der Waals surface area contributed by atoms with Gasteiger partial charge < -0.3 is 5.32 Å². The third-order valence-corrected chi connectivity index (χ3v) is 3.96. The lowest BCUT2D eigenvalue weighted by Crippen LogP contribution is -2.37. The first-order valence-electron chi connectivity index (χ1n) is 7.86. The summed E-state index contributed by atoms with van der Waals surface area (Å²) in [5.41, 5.74) is 0. The summed E-state index contributed by atoms with van der Waals surface area (Å²) in [6.45, 7) is 12.8. The van der Waals surface area contributed by atoms with Crippen LogP contribution in [0.2, 0.25) is 0 Å². The molecule has 0 heterocycles. The molecule has 0 bridgehead atoms.